The number of carbonyl (C=O) groups is 2. The van der Waals surface area contributed by atoms with Crippen molar-refractivity contribution in [2.45, 2.75) is 44.9 Å². The molecule has 0 fully saturated rings. The van der Waals surface area contributed by atoms with Crippen LogP contribution in [0.3, 0.4) is 0 Å². The number of carboxylic acid groups (broad SMARTS) is 1. The molecule has 0 saturated heterocycles. The fraction of sp³-hybridized carbons (Fsp3) is 0.421. The van der Waals surface area contributed by atoms with Gasteiger partial charge in [-0.15, -0.1) is 11.3 Å². The van der Waals surface area contributed by atoms with Gasteiger partial charge < -0.3 is 10.4 Å². The Hall–Kier alpha value is -1.92. The summed E-state index contributed by atoms with van der Waals surface area (Å²) in [5.74, 6) is -0.905. The van der Waals surface area contributed by atoms with E-state index in [0.717, 1.165) is 30.5 Å². The van der Waals surface area contributed by atoms with Crippen molar-refractivity contribution in [1.82, 2.24) is 4.98 Å². The van der Waals surface area contributed by atoms with Crippen LogP contribution in [0.2, 0.25) is 5.02 Å². The summed E-state index contributed by atoms with van der Waals surface area (Å²) in [6.07, 6.45) is 3.07. The van der Waals surface area contributed by atoms with Crippen molar-refractivity contribution in [2.24, 2.45) is 5.92 Å². The first kappa shape index (κ1) is 18.9. The molecular weight excluding hydrogens is 372 g/mol. The molecule has 1 amide bonds. The molecule has 0 aliphatic heterocycles. The molecule has 7 heteroatoms. The Morgan fingerprint density at radius 2 is 2.08 bits per heavy atom. The van der Waals surface area contributed by atoms with Crippen LogP contribution in [-0.4, -0.2) is 22.0 Å². The summed E-state index contributed by atoms with van der Waals surface area (Å²) < 4.78 is 0. The number of rotatable bonds is 6. The van der Waals surface area contributed by atoms with Crippen molar-refractivity contribution in [3.63, 3.8) is 0 Å². The summed E-state index contributed by atoms with van der Waals surface area (Å²) in [6.45, 7) is 2.23. The van der Waals surface area contributed by atoms with Gasteiger partial charge in [0.2, 0.25) is 5.91 Å². The van der Waals surface area contributed by atoms with Crippen LogP contribution in [0.4, 0.5) is 5.13 Å². The molecular formula is C19H21ClN2O3S. The zero-order valence-electron chi connectivity index (χ0n) is 14.5. The summed E-state index contributed by atoms with van der Waals surface area (Å²) in [5, 5.41) is 13.2. The highest BCUT2D eigenvalue weighted by Crippen LogP contribution is 2.32. The van der Waals surface area contributed by atoms with Gasteiger partial charge >= 0.3 is 5.97 Å². The maximum atomic E-state index is 12.5. The van der Waals surface area contributed by atoms with Crippen molar-refractivity contribution in [3.8, 4) is 0 Å². The Kier molecular flexibility index (Phi) is 5.94. The quantitative estimate of drug-likeness (QED) is 0.758. The van der Waals surface area contributed by atoms with Crippen LogP contribution in [0.25, 0.3) is 0 Å². The second-order valence-electron chi connectivity index (χ2n) is 6.84. The third-order valence-electron chi connectivity index (χ3n) is 4.63. The lowest BCUT2D eigenvalue weighted by Crippen LogP contribution is -2.17. The van der Waals surface area contributed by atoms with E-state index in [1.807, 2.05) is 0 Å². The van der Waals surface area contributed by atoms with Crippen LogP contribution >= 0.6 is 22.9 Å². The topological polar surface area (TPSA) is 79.3 Å². The number of carbonyl (C=O) groups excluding carboxylic acids is 1. The number of hydrogen-bond acceptors (Lipinski definition) is 4. The first-order chi connectivity index (χ1) is 12.4. The van der Waals surface area contributed by atoms with E-state index in [4.69, 9.17) is 16.7 Å². The second-order valence-corrected chi connectivity index (χ2v) is 8.36. The fourth-order valence-corrected chi connectivity index (χ4v) is 4.55. The Balaban J connectivity index is 1.68. The third kappa shape index (κ3) is 4.83. The molecule has 1 aliphatic rings. The van der Waals surface area contributed by atoms with Crippen molar-refractivity contribution >= 4 is 39.9 Å². The number of benzene rings is 1. The van der Waals surface area contributed by atoms with Crippen molar-refractivity contribution in [2.75, 3.05) is 5.32 Å². The second kappa shape index (κ2) is 8.18. The lowest BCUT2D eigenvalue weighted by atomic mass is 9.92. The zero-order chi connectivity index (χ0) is 18.7. The summed E-state index contributed by atoms with van der Waals surface area (Å²) in [7, 11) is 0. The lowest BCUT2D eigenvalue weighted by Gasteiger charge is -2.15. The van der Waals surface area contributed by atoms with Crippen LogP contribution < -0.4 is 5.32 Å². The first-order valence-corrected chi connectivity index (χ1v) is 9.86. The van der Waals surface area contributed by atoms with Gasteiger partial charge in [0.05, 0.1) is 12.1 Å². The number of nitrogens with zero attached hydrogens (tertiary/aromatic N) is 1. The maximum absolute atomic E-state index is 12.5. The molecule has 0 saturated carbocycles. The number of carboxylic acids is 1. The normalized spacial score (nSPS) is 17.4. The van der Waals surface area contributed by atoms with Crippen LogP contribution in [-0.2, 0) is 22.4 Å². The van der Waals surface area contributed by atoms with Crippen LogP contribution in [0.15, 0.2) is 24.3 Å². The van der Waals surface area contributed by atoms with Gasteiger partial charge in [-0.2, -0.15) is 0 Å². The van der Waals surface area contributed by atoms with Crippen LogP contribution in [0.5, 0.6) is 0 Å². The van der Waals surface area contributed by atoms with E-state index < -0.39 is 11.9 Å². The van der Waals surface area contributed by atoms with E-state index in [0.29, 0.717) is 16.1 Å². The maximum Gasteiger partial charge on any atom is 0.303 e. The lowest BCUT2D eigenvalue weighted by molar-refractivity contribution is -0.137. The molecule has 26 heavy (non-hydrogen) atoms. The summed E-state index contributed by atoms with van der Waals surface area (Å²) in [5.41, 5.74) is 1.88. The zero-order valence-corrected chi connectivity index (χ0v) is 16.1. The van der Waals surface area contributed by atoms with Gasteiger partial charge in [0.15, 0.2) is 5.13 Å². The monoisotopic (exact) mass is 392 g/mol. The number of aliphatic carboxylic acids is 1. The minimum Gasteiger partial charge on any atom is -0.481 e. The molecule has 2 atom stereocenters. The van der Waals surface area contributed by atoms with E-state index >= 15 is 0 Å². The molecule has 5 nitrogen and oxygen atoms in total. The number of nitrogens with one attached hydrogen (secondary N) is 1. The van der Waals surface area contributed by atoms with E-state index in [9.17, 15) is 9.59 Å². The molecule has 0 spiro atoms. The number of aromatic nitrogens is 1. The summed E-state index contributed by atoms with van der Waals surface area (Å²) >= 11 is 7.42. The van der Waals surface area contributed by atoms with E-state index in [1.165, 1.54) is 16.2 Å². The number of hydrogen-bond donors (Lipinski definition) is 2. The van der Waals surface area contributed by atoms with Crippen molar-refractivity contribution < 1.29 is 14.7 Å². The molecule has 0 bridgehead atoms. The minimum atomic E-state index is -0.934. The predicted octanol–water partition coefficient (Wildman–Crippen LogP) is 4.51. The van der Waals surface area contributed by atoms with Crippen LogP contribution in [0.1, 0.15) is 48.2 Å². The highest BCUT2D eigenvalue weighted by atomic mass is 35.5. The molecule has 3 rings (SSSR count). The van der Waals surface area contributed by atoms with E-state index in [-0.39, 0.29) is 18.7 Å². The van der Waals surface area contributed by atoms with Gasteiger partial charge in [0.25, 0.3) is 0 Å². The summed E-state index contributed by atoms with van der Waals surface area (Å²) in [4.78, 5) is 29.4. The van der Waals surface area contributed by atoms with E-state index in [2.05, 4.69) is 17.2 Å². The Labute approximate surface area is 161 Å². The number of amides is 1. The number of halogens is 1. The average molecular weight is 393 g/mol. The number of thiazole rings is 1. The number of aryl methyl sites for hydroxylation is 1. The highest BCUT2D eigenvalue weighted by Gasteiger charge is 2.23. The number of anilines is 1. The third-order valence-corrected chi connectivity index (χ3v) is 5.91. The first-order valence-electron chi connectivity index (χ1n) is 8.66. The van der Waals surface area contributed by atoms with Crippen LogP contribution in [0, 0.1) is 5.92 Å². The largest absolute Gasteiger partial charge is 0.481 e. The smallest absolute Gasteiger partial charge is 0.303 e. The Bertz CT molecular complexity index is 804. The SMILES string of the molecule is CC1CCc2nc(NC(=O)CC(CC(=O)O)c3ccc(Cl)cc3)sc2C1. The molecule has 2 N–H and O–H groups in total. The van der Waals surface area contributed by atoms with Gasteiger partial charge in [-0.05, 0) is 42.9 Å². The van der Waals surface area contributed by atoms with Crippen molar-refractivity contribution in [3.05, 3.63) is 45.4 Å². The van der Waals surface area contributed by atoms with Gasteiger partial charge in [-0.3, -0.25) is 9.59 Å². The average Bonchev–Trinajstić information content (AvgIpc) is 2.95. The molecule has 2 unspecified atom stereocenters. The fourth-order valence-electron chi connectivity index (χ4n) is 3.24. The molecule has 1 aromatic carbocycles. The molecule has 1 aromatic heterocycles. The van der Waals surface area contributed by atoms with Gasteiger partial charge in [-0.25, -0.2) is 4.98 Å². The highest BCUT2D eigenvalue weighted by molar-refractivity contribution is 7.15. The standard InChI is InChI=1S/C19H21ClN2O3S/c1-11-2-7-15-16(8-11)26-19(21-15)22-17(23)9-13(10-18(24)25)12-3-5-14(20)6-4-12/h3-6,11,13H,2,7-10H2,1H3,(H,24,25)(H,21,22,23). The Morgan fingerprint density at radius 3 is 2.77 bits per heavy atom. The predicted molar refractivity (Wildman–Crippen MR) is 103 cm³/mol. The van der Waals surface area contributed by atoms with Gasteiger partial charge in [0.1, 0.15) is 0 Å². The molecule has 138 valence electrons. The molecule has 1 aliphatic carbocycles. The Morgan fingerprint density at radius 1 is 1.35 bits per heavy atom. The van der Waals surface area contributed by atoms with E-state index in [1.54, 1.807) is 24.3 Å². The molecule has 0 radical (unpaired) electrons. The molecule has 1 heterocycles. The molecule has 2 aromatic rings. The minimum absolute atomic E-state index is 0.0918. The number of fused-ring (bicyclic) bond motifs is 1. The van der Waals surface area contributed by atoms with Gasteiger partial charge in [-0.1, -0.05) is 30.7 Å². The van der Waals surface area contributed by atoms with Crippen molar-refractivity contribution in [1.29, 1.82) is 0 Å². The summed E-state index contributed by atoms with van der Waals surface area (Å²) in [6, 6.07) is 6.96. The van der Waals surface area contributed by atoms with Gasteiger partial charge in [0, 0.05) is 22.2 Å².